The molecule has 1 saturated carbocycles. The zero-order valence-electron chi connectivity index (χ0n) is 9.24. The van der Waals surface area contributed by atoms with Gasteiger partial charge in [-0.2, -0.15) is 0 Å². The Morgan fingerprint density at radius 3 is 2.56 bits per heavy atom. The average molecular weight is 226 g/mol. The Hall–Kier alpha value is -1.36. The molecule has 1 amide bonds. The lowest BCUT2D eigenvalue weighted by Gasteiger charge is -2.37. The Balaban J connectivity index is 2.41. The van der Waals surface area contributed by atoms with Crippen molar-refractivity contribution >= 4 is 11.9 Å². The molecule has 0 bridgehead atoms. The largest absolute Gasteiger partial charge is 0.481 e. The van der Waals surface area contributed by atoms with E-state index in [4.69, 9.17) is 10.8 Å². The van der Waals surface area contributed by atoms with Crippen LogP contribution in [0.5, 0.6) is 0 Å². The minimum absolute atomic E-state index is 0.173. The van der Waals surface area contributed by atoms with E-state index in [2.05, 4.69) is 11.9 Å². The summed E-state index contributed by atoms with van der Waals surface area (Å²) in [7, 11) is 0. The van der Waals surface area contributed by atoms with Crippen LogP contribution in [-0.2, 0) is 9.59 Å². The maximum absolute atomic E-state index is 11.5. The molecular formula is C11H18N2O3. The second kappa shape index (κ2) is 5.12. The van der Waals surface area contributed by atoms with Gasteiger partial charge in [0.2, 0.25) is 5.91 Å². The minimum atomic E-state index is -0.837. The number of nitrogens with two attached hydrogens (primary N) is 1. The Morgan fingerprint density at radius 2 is 2.19 bits per heavy atom. The van der Waals surface area contributed by atoms with E-state index in [1.165, 1.54) is 0 Å². The standard InChI is InChI=1S/C11H18N2O3/c1-2-4-8(12)9(14)13-7-11(10(15)16)5-3-6-11/h2,8H,1,3-7,12H2,(H,13,14)(H,15,16). The Labute approximate surface area is 94.7 Å². The number of hydrogen-bond acceptors (Lipinski definition) is 3. The third-order valence-corrected chi connectivity index (χ3v) is 3.12. The summed E-state index contributed by atoms with van der Waals surface area (Å²) in [6, 6.07) is -0.636. The number of nitrogens with one attached hydrogen (secondary N) is 1. The smallest absolute Gasteiger partial charge is 0.311 e. The Bertz CT molecular complexity index is 298. The number of hydrogen-bond donors (Lipinski definition) is 3. The van der Waals surface area contributed by atoms with Gasteiger partial charge < -0.3 is 16.2 Å². The first-order valence-corrected chi connectivity index (χ1v) is 5.39. The Kier molecular flexibility index (Phi) is 4.06. The van der Waals surface area contributed by atoms with Crippen molar-refractivity contribution in [2.45, 2.75) is 31.7 Å². The molecule has 16 heavy (non-hydrogen) atoms. The molecule has 0 heterocycles. The topological polar surface area (TPSA) is 92.4 Å². The summed E-state index contributed by atoms with van der Waals surface area (Å²) in [5.74, 6) is -1.15. The van der Waals surface area contributed by atoms with Crippen molar-refractivity contribution in [2.75, 3.05) is 6.54 Å². The summed E-state index contributed by atoms with van der Waals surface area (Å²) >= 11 is 0. The molecule has 0 radical (unpaired) electrons. The second-order valence-electron chi connectivity index (χ2n) is 4.29. The first-order chi connectivity index (χ1) is 7.52. The predicted octanol–water partition coefficient (Wildman–Crippen LogP) is 0.261. The molecule has 1 rings (SSSR count). The fraction of sp³-hybridized carbons (Fsp3) is 0.636. The van der Waals surface area contributed by atoms with E-state index in [1.54, 1.807) is 6.08 Å². The molecule has 0 aromatic rings. The van der Waals surface area contributed by atoms with Gasteiger partial charge in [-0.1, -0.05) is 12.5 Å². The molecule has 1 atom stereocenters. The van der Waals surface area contributed by atoms with E-state index >= 15 is 0 Å². The van der Waals surface area contributed by atoms with Gasteiger partial charge in [-0.05, 0) is 19.3 Å². The van der Waals surface area contributed by atoms with E-state index < -0.39 is 17.4 Å². The predicted molar refractivity (Wildman–Crippen MR) is 59.7 cm³/mol. The highest BCUT2D eigenvalue weighted by atomic mass is 16.4. The molecule has 1 unspecified atom stereocenters. The van der Waals surface area contributed by atoms with Crippen LogP contribution in [-0.4, -0.2) is 29.6 Å². The minimum Gasteiger partial charge on any atom is -0.481 e. The fourth-order valence-electron chi connectivity index (χ4n) is 1.74. The highest BCUT2D eigenvalue weighted by molar-refractivity contribution is 5.83. The second-order valence-corrected chi connectivity index (χ2v) is 4.29. The first-order valence-electron chi connectivity index (χ1n) is 5.39. The normalized spacial score (nSPS) is 19.3. The average Bonchev–Trinajstić information content (AvgIpc) is 2.15. The number of rotatable bonds is 6. The third-order valence-electron chi connectivity index (χ3n) is 3.12. The van der Waals surface area contributed by atoms with Crippen molar-refractivity contribution in [3.63, 3.8) is 0 Å². The van der Waals surface area contributed by atoms with Crippen LogP contribution < -0.4 is 11.1 Å². The van der Waals surface area contributed by atoms with Gasteiger partial charge in [-0.25, -0.2) is 0 Å². The van der Waals surface area contributed by atoms with E-state index in [1.807, 2.05) is 0 Å². The van der Waals surface area contributed by atoms with Crippen molar-refractivity contribution in [1.29, 1.82) is 0 Å². The van der Waals surface area contributed by atoms with Gasteiger partial charge in [0.1, 0.15) is 0 Å². The van der Waals surface area contributed by atoms with Crippen LogP contribution in [0.4, 0.5) is 0 Å². The maximum Gasteiger partial charge on any atom is 0.311 e. The van der Waals surface area contributed by atoms with E-state index in [9.17, 15) is 9.59 Å². The molecule has 4 N–H and O–H groups in total. The van der Waals surface area contributed by atoms with Crippen molar-refractivity contribution in [3.05, 3.63) is 12.7 Å². The van der Waals surface area contributed by atoms with Crippen LogP contribution in [0.2, 0.25) is 0 Å². The molecule has 0 aromatic carbocycles. The molecule has 0 aromatic heterocycles. The quantitative estimate of drug-likeness (QED) is 0.566. The zero-order chi connectivity index (χ0) is 12.2. The lowest BCUT2D eigenvalue weighted by molar-refractivity contribution is -0.154. The molecule has 5 heteroatoms. The van der Waals surface area contributed by atoms with Gasteiger partial charge >= 0.3 is 5.97 Å². The van der Waals surface area contributed by atoms with Crippen LogP contribution in [0.15, 0.2) is 12.7 Å². The van der Waals surface area contributed by atoms with Gasteiger partial charge in [0.15, 0.2) is 0 Å². The van der Waals surface area contributed by atoms with Gasteiger partial charge in [0, 0.05) is 6.54 Å². The molecule has 1 fully saturated rings. The fourth-order valence-corrected chi connectivity index (χ4v) is 1.74. The summed E-state index contributed by atoms with van der Waals surface area (Å²) < 4.78 is 0. The number of aliphatic carboxylic acids is 1. The maximum atomic E-state index is 11.5. The lowest BCUT2D eigenvalue weighted by atomic mass is 9.69. The molecule has 90 valence electrons. The van der Waals surface area contributed by atoms with E-state index in [0.29, 0.717) is 19.3 Å². The molecule has 0 spiro atoms. The van der Waals surface area contributed by atoms with Crippen molar-refractivity contribution in [3.8, 4) is 0 Å². The van der Waals surface area contributed by atoms with Crippen LogP contribution in [0.25, 0.3) is 0 Å². The molecule has 0 saturated heterocycles. The highest BCUT2D eigenvalue weighted by Gasteiger charge is 2.44. The zero-order valence-corrected chi connectivity index (χ0v) is 9.24. The van der Waals surface area contributed by atoms with Crippen molar-refractivity contribution < 1.29 is 14.7 Å². The monoisotopic (exact) mass is 226 g/mol. The Morgan fingerprint density at radius 1 is 1.56 bits per heavy atom. The summed E-state index contributed by atoms with van der Waals surface area (Å²) in [6.07, 6.45) is 4.12. The van der Waals surface area contributed by atoms with Crippen LogP contribution in [0.1, 0.15) is 25.7 Å². The number of carbonyl (C=O) groups is 2. The van der Waals surface area contributed by atoms with Gasteiger partial charge in [0.05, 0.1) is 11.5 Å². The highest BCUT2D eigenvalue weighted by Crippen LogP contribution is 2.40. The summed E-state index contributed by atoms with van der Waals surface area (Å²) in [5.41, 5.74) is 4.80. The van der Waals surface area contributed by atoms with E-state index in [-0.39, 0.29) is 12.5 Å². The summed E-state index contributed by atoms with van der Waals surface area (Å²) in [6.45, 7) is 3.67. The molecule has 5 nitrogen and oxygen atoms in total. The van der Waals surface area contributed by atoms with Crippen LogP contribution >= 0.6 is 0 Å². The molecule has 0 aliphatic heterocycles. The number of carboxylic acid groups (broad SMARTS) is 1. The lowest BCUT2D eigenvalue weighted by Crippen LogP contribution is -2.50. The van der Waals surface area contributed by atoms with E-state index in [0.717, 1.165) is 6.42 Å². The van der Waals surface area contributed by atoms with Crippen LogP contribution in [0.3, 0.4) is 0 Å². The van der Waals surface area contributed by atoms with Gasteiger partial charge in [0.25, 0.3) is 0 Å². The number of carboxylic acids is 1. The molecule has 1 aliphatic rings. The van der Waals surface area contributed by atoms with Crippen molar-refractivity contribution in [2.24, 2.45) is 11.1 Å². The number of carbonyl (C=O) groups excluding carboxylic acids is 1. The van der Waals surface area contributed by atoms with Gasteiger partial charge in [-0.15, -0.1) is 6.58 Å². The first kappa shape index (κ1) is 12.7. The summed E-state index contributed by atoms with van der Waals surface area (Å²) in [4.78, 5) is 22.5. The van der Waals surface area contributed by atoms with Crippen molar-refractivity contribution in [1.82, 2.24) is 5.32 Å². The SMILES string of the molecule is C=CCC(N)C(=O)NCC1(C(=O)O)CCC1. The van der Waals surface area contributed by atoms with Gasteiger partial charge in [-0.3, -0.25) is 9.59 Å². The molecular weight excluding hydrogens is 208 g/mol. The molecule has 1 aliphatic carbocycles. The summed E-state index contributed by atoms with van der Waals surface area (Å²) in [5, 5.41) is 11.6. The van der Waals surface area contributed by atoms with Crippen LogP contribution in [0, 0.1) is 5.41 Å². The third kappa shape index (κ3) is 2.61. The number of amides is 1.